The Morgan fingerprint density at radius 2 is 2.08 bits per heavy atom. The number of para-hydroxylation sites is 1. The summed E-state index contributed by atoms with van der Waals surface area (Å²) >= 11 is 0. The zero-order valence-corrected chi connectivity index (χ0v) is 15.5. The van der Waals surface area contributed by atoms with E-state index in [1.807, 2.05) is 41.3 Å². The molecule has 0 radical (unpaired) electrons. The maximum absolute atomic E-state index is 13.1. The molecular formula is C21H27N3O2. The summed E-state index contributed by atoms with van der Waals surface area (Å²) in [5.41, 5.74) is 1.47. The second-order valence-corrected chi connectivity index (χ2v) is 7.64. The first-order valence-corrected chi connectivity index (χ1v) is 9.64. The summed E-state index contributed by atoms with van der Waals surface area (Å²) in [4.78, 5) is 22.2. The fourth-order valence-corrected chi connectivity index (χ4v) is 4.33. The molecule has 1 amide bonds. The number of piperidine rings is 1. The summed E-state index contributed by atoms with van der Waals surface area (Å²) in [6.07, 6.45) is 2.15. The van der Waals surface area contributed by atoms with Gasteiger partial charge < -0.3 is 14.5 Å². The van der Waals surface area contributed by atoms with Crippen molar-refractivity contribution in [2.24, 2.45) is 5.41 Å². The summed E-state index contributed by atoms with van der Waals surface area (Å²) in [5, 5.41) is 1.06. The van der Waals surface area contributed by atoms with Crippen molar-refractivity contribution in [2.45, 2.75) is 19.8 Å². The number of rotatable bonds is 2. The van der Waals surface area contributed by atoms with Gasteiger partial charge in [-0.05, 0) is 31.5 Å². The first-order valence-electron chi connectivity index (χ1n) is 9.64. The molecule has 0 bridgehead atoms. The lowest BCUT2D eigenvalue weighted by Gasteiger charge is -2.43. The SMILES string of the molecule is CCN1CCOCC2(CCCN(C(=O)c3ccc4ccccc4n3)C2)C1. The van der Waals surface area contributed by atoms with Gasteiger partial charge in [-0.25, -0.2) is 4.98 Å². The molecule has 0 N–H and O–H groups in total. The van der Waals surface area contributed by atoms with Gasteiger partial charge in [-0.3, -0.25) is 4.79 Å². The summed E-state index contributed by atoms with van der Waals surface area (Å²) < 4.78 is 5.92. The molecule has 2 aromatic rings. The summed E-state index contributed by atoms with van der Waals surface area (Å²) in [7, 11) is 0. The van der Waals surface area contributed by atoms with Gasteiger partial charge in [0.2, 0.25) is 0 Å². The highest BCUT2D eigenvalue weighted by atomic mass is 16.5. The third-order valence-electron chi connectivity index (χ3n) is 5.73. The van der Waals surface area contributed by atoms with Crippen molar-refractivity contribution >= 4 is 16.8 Å². The van der Waals surface area contributed by atoms with Crippen LogP contribution in [0, 0.1) is 5.41 Å². The molecule has 1 aromatic carbocycles. The lowest BCUT2D eigenvalue weighted by Crippen LogP contribution is -2.52. The van der Waals surface area contributed by atoms with Crippen molar-refractivity contribution in [1.29, 1.82) is 0 Å². The van der Waals surface area contributed by atoms with Crippen LogP contribution in [0.15, 0.2) is 36.4 Å². The van der Waals surface area contributed by atoms with Crippen LogP contribution in [0.4, 0.5) is 0 Å². The molecule has 1 spiro atoms. The molecule has 138 valence electrons. The molecule has 3 heterocycles. The van der Waals surface area contributed by atoms with Gasteiger partial charge in [0, 0.05) is 37.0 Å². The smallest absolute Gasteiger partial charge is 0.272 e. The number of carbonyl (C=O) groups excluding carboxylic acids is 1. The minimum absolute atomic E-state index is 0.0436. The minimum Gasteiger partial charge on any atom is -0.379 e. The number of hydrogen-bond acceptors (Lipinski definition) is 4. The van der Waals surface area contributed by atoms with Crippen LogP contribution in [0.25, 0.3) is 10.9 Å². The number of nitrogens with zero attached hydrogens (tertiary/aromatic N) is 3. The number of fused-ring (bicyclic) bond motifs is 1. The molecule has 2 aliphatic heterocycles. The van der Waals surface area contributed by atoms with E-state index in [1.54, 1.807) is 0 Å². The quantitative estimate of drug-likeness (QED) is 0.833. The lowest BCUT2D eigenvalue weighted by atomic mass is 9.80. The average molecular weight is 353 g/mol. The number of aromatic nitrogens is 1. The van der Waals surface area contributed by atoms with Crippen LogP contribution in [-0.2, 0) is 4.74 Å². The molecular weight excluding hydrogens is 326 g/mol. The van der Waals surface area contributed by atoms with Crippen LogP contribution in [0.5, 0.6) is 0 Å². The van der Waals surface area contributed by atoms with E-state index < -0.39 is 0 Å². The maximum Gasteiger partial charge on any atom is 0.272 e. The first-order chi connectivity index (χ1) is 12.7. The second kappa shape index (κ2) is 7.33. The molecule has 2 aliphatic rings. The summed E-state index contributed by atoms with van der Waals surface area (Å²) in [5.74, 6) is 0.0436. The molecule has 1 unspecified atom stereocenters. The van der Waals surface area contributed by atoms with E-state index in [0.29, 0.717) is 5.69 Å². The van der Waals surface area contributed by atoms with Gasteiger partial charge in [-0.2, -0.15) is 0 Å². The van der Waals surface area contributed by atoms with Crippen molar-refractivity contribution in [1.82, 2.24) is 14.8 Å². The van der Waals surface area contributed by atoms with Gasteiger partial charge in [0.05, 0.1) is 18.7 Å². The van der Waals surface area contributed by atoms with E-state index in [2.05, 4.69) is 16.8 Å². The Bertz CT molecular complexity index is 794. The molecule has 4 rings (SSSR count). The number of carbonyl (C=O) groups is 1. The van der Waals surface area contributed by atoms with Gasteiger partial charge in [0.25, 0.3) is 5.91 Å². The minimum atomic E-state index is 0.0436. The standard InChI is InChI=1S/C21H27N3O2/c1-2-23-12-13-26-16-21(14-23)10-5-11-24(15-21)20(25)19-9-8-17-6-3-4-7-18(17)22-19/h3-4,6-9H,2,5,10-16H2,1H3. The van der Waals surface area contributed by atoms with Crippen LogP contribution in [0.2, 0.25) is 0 Å². The Morgan fingerprint density at radius 1 is 1.19 bits per heavy atom. The fourth-order valence-electron chi connectivity index (χ4n) is 4.33. The molecule has 0 saturated carbocycles. The second-order valence-electron chi connectivity index (χ2n) is 7.64. The Labute approximate surface area is 154 Å². The van der Waals surface area contributed by atoms with E-state index in [-0.39, 0.29) is 11.3 Å². The van der Waals surface area contributed by atoms with Crippen molar-refractivity contribution in [3.05, 3.63) is 42.1 Å². The predicted molar refractivity (Wildman–Crippen MR) is 102 cm³/mol. The zero-order chi connectivity index (χ0) is 18.0. The zero-order valence-electron chi connectivity index (χ0n) is 15.5. The van der Waals surface area contributed by atoms with Crippen LogP contribution < -0.4 is 0 Å². The molecule has 1 aromatic heterocycles. The molecule has 1 atom stereocenters. The van der Waals surface area contributed by atoms with Crippen LogP contribution in [0.1, 0.15) is 30.3 Å². The first kappa shape index (κ1) is 17.4. The number of likely N-dealkylation sites (tertiary alicyclic amines) is 1. The Kier molecular flexibility index (Phi) is 4.92. The average Bonchev–Trinajstić information content (AvgIpc) is 2.89. The largest absolute Gasteiger partial charge is 0.379 e. The topological polar surface area (TPSA) is 45.7 Å². The highest BCUT2D eigenvalue weighted by molar-refractivity contribution is 5.95. The Morgan fingerprint density at radius 3 is 2.96 bits per heavy atom. The van der Waals surface area contributed by atoms with Gasteiger partial charge in [-0.15, -0.1) is 0 Å². The Hall–Kier alpha value is -1.98. The van der Waals surface area contributed by atoms with Crippen LogP contribution in [0.3, 0.4) is 0 Å². The molecule has 5 heteroatoms. The maximum atomic E-state index is 13.1. The van der Waals surface area contributed by atoms with Crippen molar-refractivity contribution in [3.63, 3.8) is 0 Å². The molecule has 0 aliphatic carbocycles. The third-order valence-corrected chi connectivity index (χ3v) is 5.73. The summed E-state index contributed by atoms with van der Waals surface area (Å²) in [6.45, 7) is 8.33. The molecule has 5 nitrogen and oxygen atoms in total. The molecule has 26 heavy (non-hydrogen) atoms. The van der Waals surface area contributed by atoms with Crippen molar-refractivity contribution in [2.75, 3.05) is 45.9 Å². The van der Waals surface area contributed by atoms with Crippen LogP contribution >= 0.6 is 0 Å². The highest BCUT2D eigenvalue weighted by Gasteiger charge is 2.40. The van der Waals surface area contributed by atoms with Gasteiger partial charge >= 0.3 is 0 Å². The number of likely N-dealkylation sites (N-methyl/N-ethyl adjacent to an activating group) is 1. The fraction of sp³-hybridized carbons (Fsp3) is 0.524. The van der Waals surface area contributed by atoms with Gasteiger partial charge in [0.1, 0.15) is 5.69 Å². The van der Waals surface area contributed by atoms with E-state index in [4.69, 9.17) is 4.74 Å². The summed E-state index contributed by atoms with van der Waals surface area (Å²) in [6, 6.07) is 11.8. The third kappa shape index (κ3) is 3.46. The highest BCUT2D eigenvalue weighted by Crippen LogP contribution is 2.33. The monoisotopic (exact) mass is 353 g/mol. The number of amides is 1. The number of hydrogen-bond donors (Lipinski definition) is 0. The van der Waals surface area contributed by atoms with Crippen LogP contribution in [-0.4, -0.2) is 66.6 Å². The van der Waals surface area contributed by atoms with E-state index in [0.717, 1.165) is 69.7 Å². The van der Waals surface area contributed by atoms with Gasteiger partial charge in [-0.1, -0.05) is 31.2 Å². The van der Waals surface area contributed by atoms with E-state index in [1.165, 1.54) is 0 Å². The Balaban J connectivity index is 1.55. The normalized spacial score (nSPS) is 24.7. The number of pyridine rings is 1. The molecule has 2 saturated heterocycles. The van der Waals surface area contributed by atoms with E-state index >= 15 is 0 Å². The molecule has 2 fully saturated rings. The van der Waals surface area contributed by atoms with Gasteiger partial charge in [0.15, 0.2) is 0 Å². The lowest BCUT2D eigenvalue weighted by molar-refractivity contribution is 0.00745. The predicted octanol–water partition coefficient (Wildman–Crippen LogP) is 2.81. The number of benzene rings is 1. The van der Waals surface area contributed by atoms with E-state index in [9.17, 15) is 4.79 Å². The number of ether oxygens (including phenoxy) is 1. The van der Waals surface area contributed by atoms with Crippen molar-refractivity contribution < 1.29 is 9.53 Å². The van der Waals surface area contributed by atoms with Crippen molar-refractivity contribution in [3.8, 4) is 0 Å².